The van der Waals surface area contributed by atoms with Crippen molar-refractivity contribution < 1.29 is 4.39 Å². The third kappa shape index (κ3) is 1.75. The van der Waals surface area contributed by atoms with Crippen molar-refractivity contribution in [2.24, 2.45) is 0 Å². The summed E-state index contributed by atoms with van der Waals surface area (Å²) in [5.74, 6) is -0.226. The van der Waals surface area contributed by atoms with Crippen molar-refractivity contribution >= 4 is 5.57 Å². The standard InChI is InChI=1S/C10H11FN2/c11-10-7-13-6-3-9(10)8-1-4-12-5-2-8/h1,3,6-7,12H,2,4-5H2. The van der Waals surface area contributed by atoms with Crippen LogP contribution >= 0.6 is 0 Å². The molecule has 0 spiro atoms. The molecule has 0 unspecified atom stereocenters. The third-order valence-electron chi connectivity index (χ3n) is 2.18. The van der Waals surface area contributed by atoms with E-state index in [-0.39, 0.29) is 5.82 Å². The molecule has 1 aliphatic rings. The number of pyridine rings is 1. The van der Waals surface area contributed by atoms with Gasteiger partial charge in [0.15, 0.2) is 0 Å². The summed E-state index contributed by atoms with van der Waals surface area (Å²) in [7, 11) is 0. The van der Waals surface area contributed by atoms with Gasteiger partial charge < -0.3 is 5.32 Å². The number of halogens is 1. The predicted molar refractivity (Wildman–Crippen MR) is 49.7 cm³/mol. The molecule has 13 heavy (non-hydrogen) atoms. The molecule has 0 saturated heterocycles. The first-order valence-electron chi connectivity index (χ1n) is 4.37. The molecular formula is C10H11FN2. The minimum atomic E-state index is -0.226. The topological polar surface area (TPSA) is 24.9 Å². The van der Waals surface area contributed by atoms with Gasteiger partial charge in [-0.3, -0.25) is 4.98 Å². The summed E-state index contributed by atoms with van der Waals surface area (Å²) in [6.45, 7) is 1.75. The van der Waals surface area contributed by atoms with E-state index in [9.17, 15) is 4.39 Å². The number of aromatic nitrogens is 1. The molecule has 0 atom stereocenters. The number of hydrogen-bond acceptors (Lipinski definition) is 2. The molecule has 0 saturated carbocycles. The molecule has 0 bridgehead atoms. The Balaban J connectivity index is 2.34. The van der Waals surface area contributed by atoms with E-state index >= 15 is 0 Å². The van der Waals surface area contributed by atoms with Crippen LogP contribution in [0.25, 0.3) is 5.57 Å². The summed E-state index contributed by atoms with van der Waals surface area (Å²) in [5.41, 5.74) is 1.77. The monoisotopic (exact) mass is 178 g/mol. The smallest absolute Gasteiger partial charge is 0.148 e. The van der Waals surface area contributed by atoms with Crippen LogP contribution in [0.4, 0.5) is 4.39 Å². The quantitative estimate of drug-likeness (QED) is 0.706. The second-order valence-electron chi connectivity index (χ2n) is 3.04. The van der Waals surface area contributed by atoms with Gasteiger partial charge in [0.05, 0.1) is 6.20 Å². The lowest BCUT2D eigenvalue weighted by molar-refractivity contribution is 0.614. The lowest BCUT2D eigenvalue weighted by Gasteiger charge is -2.14. The van der Waals surface area contributed by atoms with Crippen molar-refractivity contribution in [3.8, 4) is 0 Å². The van der Waals surface area contributed by atoms with E-state index in [1.807, 2.05) is 6.08 Å². The molecule has 0 amide bonds. The maximum Gasteiger partial charge on any atom is 0.148 e. The fourth-order valence-corrected chi connectivity index (χ4v) is 1.50. The molecule has 1 aromatic rings. The highest BCUT2D eigenvalue weighted by atomic mass is 19.1. The van der Waals surface area contributed by atoms with Gasteiger partial charge in [0, 0.05) is 18.3 Å². The van der Waals surface area contributed by atoms with Crippen LogP contribution < -0.4 is 5.32 Å². The van der Waals surface area contributed by atoms with Gasteiger partial charge >= 0.3 is 0 Å². The highest BCUT2D eigenvalue weighted by molar-refractivity contribution is 5.66. The van der Waals surface area contributed by atoms with Crippen LogP contribution in [0, 0.1) is 5.82 Å². The summed E-state index contributed by atoms with van der Waals surface area (Å²) in [4.78, 5) is 3.72. The Bertz CT molecular complexity index is 333. The van der Waals surface area contributed by atoms with Gasteiger partial charge in [-0.1, -0.05) is 6.08 Å². The molecule has 1 N–H and O–H groups in total. The molecule has 0 aromatic carbocycles. The van der Waals surface area contributed by atoms with E-state index in [0.29, 0.717) is 5.56 Å². The largest absolute Gasteiger partial charge is 0.313 e. The van der Waals surface area contributed by atoms with Gasteiger partial charge in [-0.05, 0) is 24.6 Å². The van der Waals surface area contributed by atoms with E-state index < -0.39 is 0 Å². The van der Waals surface area contributed by atoms with Crippen molar-refractivity contribution in [1.29, 1.82) is 0 Å². The van der Waals surface area contributed by atoms with Gasteiger partial charge in [-0.25, -0.2) is 4.39 Å². The summed E-state index contributed by atoms with van der Waals surface area (Å²) < 4.78 is 13.3. The van der Waals surface area contributed by atoms with Crippen LogP contribution in [0.1, 0.15) is 12.0 Å². The first-order valence-corrected chi connectivity index (χ1v) is 4.37. The number of rotatable bonds is 1. The SMILES string of the molecule is Fc1cnccc1C1=CCNCC1. The van der Waals surface area contributed by atoms with Crippen LogP contribution in [0.3, 0.4) is 0 Å². The van der Waals surface area contributed by atoms with E-state index in [0.717, 1.165) is 25.1 Å². The normalized spacial score (nSPS) is 16.8. The van der Waals surface area contributed by atoms with E-state index in [2.05, 4.69) is 10.3 Å². The van der Waals surface area contributed by atoms with E-state index in [1.165, 1.54) is 6.20 Å². The maximum atomic E-state index is 13.3. The Kier molecular flexibility index (Phi) is 2.36. The average molecular weight is 178 g/mol. The Morgan fingerprint density at radius 1 is 1.46 bits per heavy atom. The predicted octanol–water partition coefficient (Wildman–Crippen LogP) is 1.60. The average Bonchev–Trinajstić information content (AvgIpc) is 2.20. The summed E-state index contributed by atoms with van der Waals surface area (Å²) in [5, 5.41) is 3.19. The van der Waals surface area contributed by atoms with Crippen LogP contribution in [0.5, 0.6) is 0 Å². The first-order chi connectivity index (χ1) is 6.38. The van der Waals surface area contributed by atoms with E-state index in [1.54, 1.807) is 12.3 Å². The zero-order valence-electron chi connectivity index (χ0n) is 7.26. The summed E-state index contributed by atoms with van der Waals surface area (Å²) >= 11 is 0. The zero-order valence-corrected chi connectivity index (χ0v) is 7.26. The molecule has 3 heteroatoms. The van der Waals surface area contributed by atoms with Crippen molar-refractivity contribution in [3.63, 3.8) is 0 Å². The minimum absolute atomic E-state index is 0.226. The molecule has 0 fully saturated rings. The van der Waals surface area contributed by atoms with Gasteiger partial charge in [0.1, 0.15) is 5.82 Å². The van der Waals surface area contributed by atoms with Crippen LogP contribution in [-0.2, 0) is 0 Å². The van der Waals surface area contributed by atoms with Crippen LogP contribution in [0.15, 0.2) is 24.5 Å². The fourth-order valence-electron chi connectivity index (χ4n) is 1.50. The Hall–Kier alpha value is -1.22. The maximum absolute atomic E-state index is 13.3. The van der Waals surface area contributed by atoms with Crippen molar-refractivity contribution in [1.82, 2.24) is 10.3 Å². The molecule has 0 radical (unpaired) electrons. The van der Waals surface area contributed by atoms with Crippen LogP contribution in [0.2, 0.25) is 0 Å². The fraction of sp³-hybridized carbons (Fsp3) is 0.300. The number of hydrogen-bond donors (Lipinski definition) is 1. The molecule has 2 nitrogen and oxygen atoms in total. The molecule has 1 aliphatic heterocycles. The van der Waals surface area contributed by atoms with Crippen LogP contribution in [-0.4, -0.2) is 18.1 Å². The molecule has 0 aliphatic carbocycles. The van der Waals surface area contributed by atoms with Gasteiger partial charge in [0.2, 0.25) is 0 Å². The minimum Gasteiger partial charge on any atom is -0.313 e. The Morgan fingerprint density at radius 2 is 2.38 bits per heavy atom. The third-order valence-corrected chi connectivity index (χ3v) is 2.18. The number of nitrogens with zero attached hydrogens (tertiary/aromatic N) is 1. The van der Waals surface area contributed by atoms with E-state index in [4.69, 9.17) is 0 Å². The summed E-state index contributed by atoms with van der Waals surface area (Å²) in [6.07, 6.45) is 5.81. The van der Waals surface area contributed by atoms with Crippen molar-refractivity contribution in [3.05, 3.63) is 35.9 Å². The van der Waals surface area contributed by atoms with Gasteiger partial charge in [0.25, 0.3) is 0 Å². The second kappa shape index (κ2) is 3.66. The first kappa shape index (κ1) is 8.38. The van der Waals surface area contributed by atoms with Crippen molar-refractivity contribution in [2.75, 3.05) is 13.1 Å². The van der Waals surface area contributed by atoms with Gasteiger partial charge in [-0.15, -0.1) is 0 Å². The molecule has 1 aromatic heterocycles. The highest BCUT2D eigenvalue weighted by Gasteiger charge is 2.09. The van der Waals surface area contributed by atoms with Crippen molar-refractivity contribution in [2.45, 2.75) is 6.42 Å². The number of nitrogens with one attached hydrogen (secondary N) is 1. The molecule has 2 heterocycles. The van der Waals surface area contributed by atoms with Gasteiger partial charge in [-0.2, -0.15) is 0 Å². The molecule has 2 rings (SSSR count). The molecule has 68 valence electrons. The molecular weight excluding hydrogens is 167 g/mol. The lowest BCUT2D eigenvalue weighted by atomic mass is 10.0. The lowest BCUT2D eigenvalue weighted by Crippen LogP contribution is -2.20. The Labute approximate surface area is 76.5 Å². The highest BCUT2D eigenvalue weighted by Crippen LogP contribution is 2.21. The second-order valence-corrected chi connectivity index (χ2v) is 3.04. The Morgan fingerprint density at radius 3 is 3.08 bits per heavy atom. The summed E-state index contributed by atoms with van der Waals surface area (Å²) in [6, 6.07) is 1.73. The zero-order chi connectivity index (χ0) is 9.10.